The lowest BCUT2D eigenvalue weighted by Gasteiger charge is -2.11. The van der Waals surface area contributed by atoms with Gasteiger partial charge in [-0.05, 0) is 48.7 Å². The van der Waals surface area contributed by atoms with E-state index in [2.05, 4.69) is 0 Å². The lowest BCUT2D eigenvalue weighted by Crippen LogP contribution is -2.09. The third kappa shape index (κ3) is 2.96. The summed E-state index contributed by atoms with van der Waals surface area (Å²) in [5.41, 5.74) is 8.62. The first-order chi connectivity index (χ1) is 9.49. The van der Waals surface area contributed by atoms with Crippen LogP contribution >= 0.6 is 0 Å². The van der Waals surface area contributed by atoms with E-state index in [0.29, 0.717) is 0 Å². The predicted molar refractivity (Wildman–Crippen MR) is 75.8 cm³/mol. The van der Waals surface area contributed by atoms with Crippen molar-refractivity contribution in [3.05, 3.63) is 64.5 Å². The summed E-state index contributed by atoms with van der Waals surface area (Å²) < 4.78 is 18.8. The molecule has 0 unspecified atom stereocenters. The van der Waals surface area contributed by atoms with Crippen molar-refractivity contribution in [2.45, 2.75) is 20.5 Å². The third-order valence-electron chi connectivity index (χ3n) is 3.21. The maximum Gasteiger partial charge on any atom is 0.341 e. The topological polar surface area (TPSA) is 52.3 Å². The highest BCUT2D eigenvalue weighted by Gasteiger charge is 2.14. The first-order valence-electron chi connectivity index (χ1n) is 6.26. The lowest BCUT2D eigenvalue weighted by molar-refractivity contribution is 0.0466. The third-order valence-corrected chi connectivity index (χ3v) is 3.21. The minimum Gasteiger partial charge on any atom is -0.457 e. The van der Waals surface area contributed by atoms with Crippen LogP contribution in [0.1, 0.15) is 27.0 Å². The van der Waals surface area contributed by atoms with Crippen molar-refractivity contribution in [3.8, 4) is 0 Å². The van der Waals surface area contributed by atoms with Crippen molar-refractivity contribution in [1.82, 2.24) is 0 Å². The molecule has 0 bridgehead atoms. The van der Waals surface area contributed by atoms with Gasteiger partial charge in [0, 0.05) is 5.69 Å². The van der Waals surface area contributed by atoms with E-state index < -0.39 is 11.8 Å². The highest BCUT2D eigenvalue weighted by atomic mass is 19.1. The van der Waals surface area contributed by atoms with Gasteiger partial charge in [0.2, 0.25) is 0 Å². The minimum atomic E-state index is -0.690. The van der Waals surface area contributed by atoms with Crippen LogP contribution in [0.2, 0.25) is 0 Å². The van der Waals surface area contributed by atoms with Gasteiger partial charge < -0.3 is 10.5 Å². The summed E-state index contributed by atoms with van der Waals surface area (Å²) in [6, 6.07) is 9.74. The Balaban J connectivity index is 2.13. The Morgan fingerprint density at radius 2 is 1.85 bits per heavy atom. The summed E-state index contributed by atoms with van der Waals surface area (Å²) in [5, 5.41) is 0. The Morgan fingerprint density at radius 1 is 1.20 bits per heavy atom. The average molecular weight is 273 g/mol. The number of halogens is 1. The second-order valence-electron chi connectivity index (χ2n) is 4.69. The van der Waals surface area contributed by atoms with Crippen molar-refractivity contribution in [1.29, 1.82) is 0 Å². The van der Waals surface area contributed by atoms with E-state index in [0.717, 1.165) is 22.8 Å². The predicted octanol–water partition coefficient (Wildman–Crippen LogP) is 3.38. The van der Waals surface area contributed by atoms with Crippen molar-refractivity contribution in [2.75, 3.05) is 5.73 Å². The van der Waals surface area contributed by atoms with Crippen LogP contribution in [0.15, 0.2) is 36.4 Å². The molecule has 104 valence electrons. The van der Waals surface area contributed by atoms with Crippen molar-refractivity contribution < 1.29 is 13.9 Å². The first kappa shape index (κ1) is 14.1. The van der Waals surface area contributed by atoms with Crippen molar-refractivity contribution in [2.24, 2.45) is 0 Å². The Morgan fingerprint density at radius 3 is 2.45 bits per heavy atom. The van der Waals surface area contributed by atoms with Crippen molar-refractivity contribution >= 4 is 11.7 Å². The zero-order chi connectivity index (χ0) is 14.7. The number of ether oxygens (including phenoxy) is 1. The SMILES string of the molecule is Cc1cccc(C)c1COC(=O)c1ccc(N)cc1F. The number of nitrogens with two attached hydrogens (primary N) is 1. The van der Waals surface area contributed by atoms with E-state index in [1.165, 1.54) is 12.1 Å². The standard InChI is InChI=1S/C16H16FNO2/c1-10-4-3-5-11(2)14(10)9-20-16(19)13-7-6-12(18)8-15(13)17/h3-8H,9,18H2,1-2H3. The molecule has 0 fully saturated rings. The highest BCUT2D eigenvalue weighted by molar-refractivity contribution is 5.90. The van der Waals surface area contributed by atoms with Crippen LogP contribution in [0, 0.1) is 19.7 Å². The molecule has 2 rings (SSSR count). The summed E-state index contributed by atoms with van der Waals surface area (Å²) in [5.74, 6) is -1.36. The van der Waals surface area contributed by atoms with E-state index in [4.69, 9.17) is 10.5 Å². The van der Waals surface area contributed by atoms with Gasteiger partial charge in [0.1, 0.15) is 12.4 Å². The molecular formula is C16H16FNO2. The molecule has 4 heteroatoms. The smallest absolute Gasteiger partial charge is 0.341 e. The van der Waals surface area contributed by atoms with Crippen LogP contribution in [-0.2, 0) is 11.3 Å². The number of hydrogen-bond acceptors (Lipinski definition) is 3. The van der Waals surface area contributed by atoms with Crippen LogP contribution in [0.5, 0.6) is 0 Å². The molecule has 0 saturated carbocycles. The fourth-order valence-corrected chi connectivity index (χ4v) is 1.99. The number of aryl methyl sites for hydroxylation is 2. The molecule has 2 aromatic rings. The molecule has 0 aromatic heterocycles. The van der Waals surface area contributed by atoms with Gasteiger partial charge in [-0.1, -0.05) is 18.2 Å². The number of anilines is 1. The number of nitrogen functional groups attached to an aromatic ring is 1. The molecule has 20 heavy (non-hydrogen) atoms. The number of carbonyl (C=O) groups excluding carboxylic acids is 1. The molecule has 0 saturated heterocycles. The Bertz CT molecular complexity index is 633. The number of carbonyl (C=O) groups is 1. The lowest BCUT2D eigenvalue weighted by atomic mass is 10.0. The van der Waals surface area contributed by atoms with Crippen molar-refractivity contribution in [3.63, 3.8) is 0 Å². The van der Waals surface area contributed by atoms with Gasteiger partial charge in [-0.3, -0.25) is 0 Å². The summed E-state index contributed by atoms with van der Waals surface area (Å²) in [6.45, 7) is 4.01. The molecule has 3 nitrogen and oxygen atoms in total. The molecule has 0 atom stereocenters. The maximum atomic E-state index is 13.6. The van der Waals surface area contributed by atoms with Crippen LogP contribution in [0.25, 0.3) is 0 Å². The van der Waals surface area contributed by atoms with Crippen LogP contribution in [0.4, 0.5) is 10.1 Å². The summed E-state index contributed by atoms with van der Waals surface area (Å²) in [4.78, 5) is 11.9. The van der Waals surface area contributed by atoms with Gasteiger partial charge in [-0.2, -0.15) is 0 Å². The molecule has 0 amide bonds. The second-order valence-corrected chi connectivity index (χ2v) is 4.69. The molecule has 0 spiro atoms. The molecular weight excluding hydrogens is 257 g/mol. The van der Waals surface area contributed by atoms with E-state index in [1.54, 1.807) is 0 Å². The van der Waals surface area contributed by atoms with Crippen LogP contribution in [-0.4, -0.2) is 5.97 Å². The van der Waals surface area contributed by atoms with Gasteiger partial charge in [0.05, 0.1) is 5.56 Å². The van der Waals surface area contributed by atoms with E-state index >= 15 is 0 Å². The quantitative estimate of drug-likeness (QED) is 0.689. The Hall–Kier alpha value is -2.36. The monoisotopic (exact) mass is 273 g/mol. The average Bonchev–Trinajstić information content (AvgIpc) is 2.37. The first-order valence-corrected chi connectivity index (χ1v) is 6.26. The second kappa shape index (κ2) is 5.74. The largest absolute Gasteiger partial charge is 0.457 e. The molecule has 0 heterocycles. The zero-order valence-corrected chi connectivity index (χ0v) is 11.4. The number of rotatable bonds is 3. The molecule has 0 aliphatic rings. The fourth-order valence-electron chi connectivity index (χ4n) is 1.99. The van der Waals surface area contributed by atoms with Gasteiger partial charge in [-0.15, -0.1) is 0 Å². The van der Waals surface area contributed by atoms with Gasteiger partial charge in [0.15, 0.2) is 0 Å². The summed E-state index contributed by atoms with van der Waals surface area (Å²) in [7, 11) is 0. The Kier molecular flexibility index (Phi) is 4.03. The molecule has 2 aromatic carbocycles. The van der Waals surface area contributed by atoms with Gasteiger partial charge >= 0.3 is 5.97 Å². The van der Waals surface area contributed by atoms with Gasteiger partial charge in [0.25, 0.3) is 0 Å². The van der Waals surface area contributed by atoms with Crippen LogP contribution < -0.4 is 5.73 Å². The minimum absolute atomic E-state index is 0.106. The number of hydrogen-bond donors (Lipinski definition) is 1. The highest BCUT2D eigenvalue weighted by Crippen LogP contribution is 2.17. The van der Waals surface area contributed by atoms with Crippen LogP contribution in [0.3, 0.4) is 0 Å². The van der Waals surface area contributed by atoms with Gasteiger partial charge in [-0.25, -0.2) is 9.18 Å². The molecule has 2 N–H and O–H groups in total. The summed E-state index contributed by atoms with van der Waals surface area (Å²) in [6.07, 6.45) is 0. The number of esters is 1. The number of benzene rings is 2. The Labute approximate surface area is 117 Å². The molecule has 0 aliphatic carbocycles. The van der Waals surface area contributed by atoms with E-state index in [-0.39, 0.29) is 17.9 Å². The molecule has 0 aliphatic heterocycles. The van der Waals surface area contributed by atoms with E-state index in [1.807, 2.05) is 32.0 Å². The molecule has 0 radical (unpaired) electrons. The zero-order valence-electron chi connectivity index (χ0n) is 11.4. The van der Waals surface area contributed by atoms with E-state index in [9.17, 15) is 9.18 Å². The fraction of sp³-hybridized carbons (Fsp3) is 0.188. The maximum absolute atomic E-state index is 13.6. The normalized spacial score (nSPS) is 10.3. The summed E-state index contributed by atoms with van der Waals surface area (Å²) >= 11 is 0.